The maximum atomic E-state index is 12.6. The molecule has 1 aliphatic rings. The lowest BCUT2D eigenvalue weighted by Gasteiger charge is -2.35. The standard InChI is InChI=1S/C15H23N3O2/c1-17(2)14-8-5-7-13(16-14)15(20)18-10-4-3-6-12(18)9-11-19/h5,7-8,12,19H,3-4,6,9-11H2,1-2H3. The monoisotopic (exact) mass is 277 g/mol. The van der Waals surface area contributed by atoms with E-state index in [9.17, 15) is 4.79 Å². The minimum absolute atomic E-state index is 0.0214. The van der Waals surface area contributed by atoms with Crippen molar-refractivity contribution in [3.8, 4) is 0 Å². The van der Waals surface area contributed by atoms with E-state index in [0.717, 1.165) is 31.6 Å². The summed E-state index contributed by atoms with van der Waals surface area (Å²) in [4.78, 5) is 20.8. The lowest BCUT2D eigenvalue weighted by atomic mass is 9.99. The molecule has 1 fully saturated rings. The Morgan fingerprint density at radius 3 is 2.95 bits per heavy atom. The van der Waals surface area contributed by atoms with Crippen LogP contribution in [0.4, 0.5) is 5.82 Å². The Bertz CT molecular complexity index is 460. The highest BCUT2D eigenvalue weighted by molar-refractivity contribution is 5.93. The molecular formula is C15H23N3O2. The molecule has 1 saturated heterocycles. The van der Waals surface area contributed by atoms with Crippen molar-refractivity contribution >= 4 is 11.7 Å². The molecule has 0 spiro atoms. The van der Waals surface area contributed by atoms with Crippen LogP contribution in [0.15, 0.2) is 18.2 Å². The number of anilines is 1. The lowest BCUT2D eigenvalue weighted by Crippen LogP contribution is -2.44. The second-order valence-corrected chi connectivity index (χ2v) is 5.44. The van der Waals surface area contributed by atoms with Crippen LogP contribution in [0.2, 0.25) is 0 Å². The summed E-state index contributed by atoms with van der Waals surface area (Å²) >= 11 is 0. The summed E-state index contributed by atoms with van der Waals surface area (Å²) in [6.07, 6.45) is 3.78. The minimum atomic E-state index is -0.0214. The normalized spacial score (nSPS) is 18.9. The predicted octanol–water partition coefficient (Wildman–Crippen LogP) is 1.52. The molecule has 2 heterocycles. The Morgan fingerprint density at radius 2 is 2.25 bits per heavy atom. The Morgan fingerprint density at radius 1 is 1.45 bits per heavy atom. The third kappa shape index (κ3) is 3.28. The molecule has 1 aromatic rings. The van der Waals surface area contributed by atoms with Gasteiger partial charge in [0.25, 0.3) is 5.91 Å². The number of aromatic nitrogens is 1. The van der Waals surface area contributed by atoms with Crippen molar-refractivity contribution in [1.29, 1.82) is 0 Å². The maximum absolute atomic E-state index is 12.6. The molecule has 1 amide bonds. The zero-order chi connectivity index (χ0) is 14.5. The number of aliphatic hydroxyl groups is 1. The van der Waals surface area contributed by atoms with Crippen LogP contribution in [0.25, 0.3) is 0 Å². The van der Waals surface area contributed by atoms with E-state index in [1.54, 1.807) is 6.07 Å². The molecule has 0 radical (unpaired) electrons. The summed E-state index contributed by atoms with van der Waals surface area (Å²) < 4.78 is 0. The fourth-order valence-electron chi connectivity index (χ4n) is 2.66. The molecule has 2 rings (SSSR count). The van der Waals surface area contributed by atoms with Gasteiger partial charge in [-0.05, 0) is 37.8 Å². The molecule has 0 aromatic carbocycles. The van der Waals surface area contributed by atoms with Crippen LogP contribution in [0.3, 0.4) is 0 Å². The van der Waals surface area contributed by atoms with Gasteiger partial charge in [-0.15, -0.1) is 0 Å². The second-order valence-electron chi connectivity index (χ2n) is 5.44. The molecule has 1 aromatic heterocycles. The zero-order valence-corrected chi connectivity index (χ0v) is 12.2. The van der Waals surface area contributed by atoms with Gasteiger partial charge in [0.15, 0.2) is 0 Å². The Labute approximate surface area is 120 Å². The van der Waals surface area contributed by atoms with Gasteiger partial charge in [-0.1, -0.05) is 6.07 Å². The van der Waals surface area contributed by atoms with Crippen LogP contribution in [-0.2, 0) is 0 Å². The predicted molar refractivity (Wildman–Crippen MR) is 78.9 cm³/mol. The smallest absolute Gasteiger partial charge is 0.272 e. The molecule has 1 unspecified atom stereocenters. The first-order valence-corrected chi connectivity index (χ1v) is 7.19. The van der Waals surface area contributed by atoms with E-state index in [-0.39, 0.29) is 18.6 Å². The summed E-state index contributed by atoms with van der Waals surface area (Å²) in [5, 5.41) is 9.15. The topological polar surface area (TPSA) is 56.7 Å². The number of carbonyl (C=O) groups excluding carboxylic acids is 1. The van der Waals surface area contributed by atoms with Crippen LogP contribution in [0.5, 0.6) is 0 Å². The molecule has 110 valence electrons. The largest absolute Gasteiger partial charge is 0.396 e. The molecule has 5 heteroatoms. The van der Waals surface area contributed by atoms with E-state index in [1.165, 1.54) is 0 Å². The van der Waals surface area contributed by atoms with Crippen molar-refractivity contribution in [2.24, 2.45) is 0 Å². The highest BCUT2D eigenvalue weighted by Crippen LogP contribution is 2.22. The summed E-state index contributed by atoms with van der Waals surface area (Å²) in [5.41, 5.74) is 0.487. The molecule has 1 atom stereocenters. The third-order valence-electron chi connectivity index (χ3n) is 3.76. The molecule has 20 heavy (non-hydrogen) atoms. The van der Waals surface area contributed by atoms with Gasteiger partial charge in [0.1, 0.15) is 11.5 Å². The number of hydrogen-bond acceptors (Lipinski definition) is 4. The highest BCUT2D eigenvalue weighted by atomic mass is 16.3. The summed E-state index contributed by atoms with van der Waals surface area (Å²) in [7, 11) is 3.82. The first-order chi connectivity index (χ1) is 9.63. The van der Waals surface area contributed by atoms with E-state index < -0.39 is 0 Å². The summed E-state index contributed by atoms with van der Waals surface area (Å²) in [6.45, 7) is 0.886. The van der Waals surface area contributed by atoms with Crippen molar-refractivity contribution in [2.45, 2.75) is 31.7 Å². The van der Waals surface area contributed by atoms with Gasteiger partial charge < -0.3 is 14.9 Å². The number of pyridine rings is 1. The number of likely N-dealkylation sites (tertiary alicyclic amines) is 1. The Hall–Kier alpha value is -1.62. The number of nitrogens with zero attached hydrogens (tertiary/aromatic N) is 3. The molecule has 0 saturated carbocycles. The molecular weight excluding hydrogens is 254 g/mol. The number of amides is 1. The number of rotatable bonds is 4. The van der Waals surface area contributed by atoms with Crippen LogP contribution in [0, 0.1) is 0 Å². The van der Waals surface area contributed by atoms with Crippen molar-refractivity contribution in [2.75, 3.05) is 32.1 Å². The van der Waals surface area contributed by atoms with E-state index in [1.807, 2.05) is 36.0 Å². The molecule has 0 aliphatic carbocycles. The highest BCUT2D eigenvalue weighted by Gasteiger charge is 2.27. The van der Waals surface area contributed by atoms with Gasteiger partial charge in [-0.2, -0.15) is 0 Å². The minimum Gasteiger partial charge on any atom is -0.396 e. The zero-order valence-electron chi connectivity index (χ0n) is 12.2. The number of aliphatic hydroxyl groups excluding tert-OH is 1. The fourth-order valence-corrected chi connectivity index (χ4v) is 2.66. The second kappa shape index (κ2) is 6.70. The van der Waals surface area contributed by atoms with Crippen LogP contribution >= 0.6 is 0 Å². The van der Waals surface area contributed by atoms with Crippen LogP contribution < -0.4 is 4.90 Å². The maximum Gasteiger partial charge on any atom is 0.272 e. The molecule has 1 N–H and O–H groups in total. The van der Waals surface area contributed by atoms with Crippen molar-refractivity contribution in [1.82, 2.24) is 9.88 Å². The van der Waals surface area contributed by atoms with Gasteiger partial charge in [0.2, 0.25) is 0 Å². The lowest BCUT2D eigenvalue weighted by molar-refractivity contribution is 0.0569. The van der Waals surface area contributed by atoms with E-state index in [0.29, 0.717) is 12.1 Å². The SMILES string of the molecule is CN(C)c1cccc(C(=O)N2CCCCC2CCO)n1. The fraction of sp³-hybridized carbons (Fsp3) is 0.600. The first-order valence-electron chi connectivity index (χ1n) is 7.19. The van der Waals surface area contributed by atoms with Crippen molar-refractivity contribution in [3.63, 3.8) is 0 Å². The van der Waals surface area contributed by atoms with Gasteiger partial charge in [-0.25, -0.2) is 4.98 Å². The van der Waals surface area contributed by atoms with Crippen LogP contribution in [-0.4, -0.2) is 54.2 Å². The summed E-state index contributed by atoms with van der Waals surface area (Å²) in [5.74, 6) is 0.762. The van der Waals surface area contributed by atoms with Gasteiger partial charge in [0.05, 0.1) is 0 Å². The molecule has 5 nitrogen and oxygen atoms in total. The molecule has 0 bridgehead atoms. The van der Waals surface area contributed by atoms with E-state index in [4.69, 9.17) is 5.11 Å². The van der Waals surface area contributed by atoms with Gasteiger partial charge >= 0.3 is 0 Å². The quantitative estimate of drug-likeness (QED) is 0.906. The molecule has 1 aliphatic heterocycles. The van der Waals surface area contributed by atoms with Crippen molar-refractivity contribution < 1.29 is 9.90 Å². The first kappa shape index (κ1) is 14.8. The Kier molecular flexibility index (Phi) is 4.95. The van der Waals surface area contributed by atoms with Gasteiger partial charge in [-0.3, -0.25) is 4.79 Å². The van der Waals surface area contributed by atoms with Crippen LogP contribution in [0.1, 0.15) is 36.2 Å². The third-order valence-corrected chi connectivity index (χ3v) is 3.76. The average molecular weight is 277 g/mol. The number of hydrogen-bond donors (Lipinski definition) is 1. The number of carbonyl (C=O) groups is 1. The summed E-state index contributed by atoms with van der Waals surface area (Å²) in [6, 6.07) is 5.66. The number of piperidine rings is 1. The average Bonchev–Trinajstić information content (AvgIpc) is 2.47. The van der Waals surface area contributed by atoms with E-state index >= 15 is 0 Å². The van der Waals surface area contributed by atoms with Gasteiger partial charge in [0, 0.05) is 33.3 Å². The van der Waals surface area contributed by atoms with Crippen molar-refractivity contribution in [3.05, 3.63) is 23.9 Å². The Balaban J connectivity index is 2.18. The van der Waals surface area contributed by atoms with E-state index in [2.05, 4.69) is 4.98 Å².